The highest BCUT2D eigenvalue weighted by Crippen LogP contribution is 2.43. The molecule has 8 nitrogen and oxygen atoms in total. The Morgan fingerprint density at radius 2 is 1.59 bits per heavy atom. The number of primary amides is 1. The number of nitrogens with zero attached hydrogens (tertiary/aromatic N) is 2. The zero-order valence-corrected chi connectivity index (χ0v) is 22.3. The maximum absolute atomic E-state index is 14.7. The van der Waals surface area contributed by atoms with Crippen molar-refractivity contribution < 1.29 is 14.0 Å². The number of halogens is 1. The van der Waals surface area contributed by atoms with E-state index in [0.717, 1.165) is 77.4 Å². The van der Waals surface area contributed by atoms with E-state index >= 15 is 0 Å². The molecule has 0 radical (unpaired) electrons. The van der Waals surface area contributed by atoms with E-state index in [4.69, 9.17) is 16.9 Å². The number of carbonyl (C=O) groups is 2. The summed E-state index contributed by atoms with van der Waals surface area (Å²) in [5, 5.41) is 11.3. The molecular formula is C28H47FN6O2. The highest BCUT2D eigenvalue weighted by atomic mass is 19.1. The molecule has 0 bridgehead atoms. The van der Waals surface area contributed by atoms with E-state index in [2.05, 4.69) is 15.1 Å². The number of amides is 2. The molecule has 208 valence electrons. The molecule has 7 atom stereocenters. The summed E-state index contributed by atoms with van der Waals surface area (Å²) in [4.78, 5) is 30.3. The fraction of sp³-hybridized carbons (Fsp3) is 0.893. The zero-order chi connectivity index (χ0) is 26.1. The van der Waals surface area contributed by atoms with Crippen LogP contribution in [0.1, 0.15) is 83.5 Å². The van der Waals surface area contributed by atoms with Gasteiger partial charge in [0.25, 0.3) is 0 Å². The minimum Gasteiger partial charge on any atom is -0.387 e. The summed E-state index contributed by atoms with van der Waals surface area (Å²) < 4.78 is 14.7. The molecular weight excluding hydrogens is 471 g/mol. The van der Waals surface area contributed by atoms with Gasteiger partial charge < -0.3 is 21.7 Å². The van der Waals surface area contributed by atoms with E-state index in [1.54, 1.807) is 0 Å². The highest BCUT2D eigenvalue weighted by Gasteiger charge is 2.48. The topological polar surface area (TPSA) is 129 Å². The first-order valence-corrected chi connectivity index (χ1v) is 14.9. The first-order chi connectivity index (χ1) is 17.8. The Bertz CT molecular complexity index is 843. The molecule has 2 saturated heterocycles. The van der Waals surface area contributed by atoms with Gasteiger partial charge >= 0.3 is 0 Å². The third kappa shape index (κ3) is 6.13. The SMILES string of the molecule is N=C(N)C1CCC2CC(C(=O)NC3CC(F)CC(N4CCCC4)C3)N(CC3CCC(C(N)=O)CC3)C2C1. The Labute approximate surface area is 220 Å². The Hall–Kier alpha value is -1.74. The quantitative estimate of drug-likeness (QED) is 0.304. The molecule has 0 spiro atoms. The van der Waals surface area contributed by atoms with Crippen molar-refractivity contribution in [2.24, 2.45) is 35.1 Å². The van der Waals surface area contributed by atoms with Gasteiger partial charge in [0.05, 0.1) is 11.9 Å². The number of amidine groups is 1. The van der Waals surface area contributed by atoms with Crippen LogP contribution in [0.25, 0.3) is 0 Å². The molecule has 5 rings (SSSR count). The van der Waals surface area contributed by atoms with Crippen molar-refractivity contribution in [3.05, 3.63) is 0 Å². The highest BCUT2D eigenvalue weighted by molar-refractivity contribution is 5.83. The number of rotatable bonds is 7. The van der Waals surface area contributed by atoms with E-state index in [0.29, 0.717) is 24.7 Å². The second-order valence-electron chi connectivity index (χ2n) is 12.8. The molecule has 37 heavy (non-hydrogen) atoms. The lowest BCUT2D eigenvalue weighted by Crippen LogP contribution is -2.54. The first-order valence-electron chi connectivity index (χ1n) is 14.9. The van der Waals surface area contributed by atoms with Crippen LogP contribution >= 0.6 is 0 Å². The van der Waals surface area contributed by atoms with Crippen LogP contribution < -0.4 is 16.8 Å². The van der Waals surface area contributed by atoms with Crippen LogP contribution in [0, 0.1) is 29.1 Å². The molecule has 5 fully saturated rings. The summed E-state index contributed by atoms with van der Waals surface area (Å²) in [7, 11) is 0. The monoisotopic (exact) mass is 518 g/mol. The van der Waals surface area contributed by atoms with Crippen LogP contribution in [-0.2, 0) is 9.59 Å². The standard InChI is InChI=1S/C28H47FN6O2/c29-21-13-22(15-23(14-21)34-9-1-2-10-34)33-28(37)25-11-19-7-8-20(26(30)31)12-24(19)35(25)16-17-3-5-18(6-4-17)27(32)36/h17-25H,1-16H2,(H3,30,31)(H2,32,36)(H,33,37). The zero-order valence-electron chi connectivity index (χ0n) is 22.3. The summed E-state index contributed by atoms with van der Waals surface area (Å²) in [5.41, 5.74) is 11.5. The average Bonchev–Trinajstić information content (AvgIpc) is 3.52. The molecule has 9 heteroatoms. The maximum Gasteiger partial charge on any atom is 0.237 e. The molecule has 0 aromatic carbocycles. The van der Waals surface area contributed by atoms with Crippen molar-refractivity contribution in [2.75, 3.05) is 19.6 Å². The Kier molecular flexibility index (Phi) is 8.39. The van der Waals surface area contributed by atoms with E-state index < -0.39 is 6.17 Å². The molecule has 3 saturated carbocycles. The molecule has 5 aliphatic rings. The van der Waals surface area contributed by atoms with E-state index in [1.165, 1.54) is 12.8 Å². The molecule has 2 heterocycles. The second kappa shape index (κ2) is 11.6. The van der Waals surface area contributed by atoms with Gasteiger partial charge in [-0.3, -0.25) is 19.9 Å². The van der Waals surface area contributed by atoms with Crippen molar-refractivity contribution in [1.82, 2.24) is 15.1 Å². The summed E-state index contributed by atoms with van der Waals surface area (Å²) in [5.74, 6) is 1.05. The molecule has 3 aliphatic carbocycles. The predicted octanol–water partition coefficient (Wildman–Crippen LogP) is 2.54. The van der Waals surface area contributed by atoms with Gasteiger partial charge in [0.2, 0.25) is 11.8 Å². The Morgan fingerprint density at radius 1 is 0.892 bits per heavy atom. The van der Waals surface area contributed by atoms with Crippen LogP contribution in [0.15, 0.2) is 0 Å². The third-order valence-electron chi connectivity index (χ3n) is 10.4. The van der Waals surface area contributed by atoms with Crippen molar-refractivity contribution in [3.63, 3.8) is 0 Å². The molecule has 0 aromatic heterocycles. The lowest BCUT2D eigenvalue weighted by atomic mass is 9.77. The fourth-order valence-corrected chi connectivity index (χ4v) is 8.32. The van der Waals surface area contributed by atoms with Crippen molar-refractivity contribution >= 4 is 17.6 Å². The summed E-state index contributed by atoms with van der Waals surface area (Å²) >= 11 is 0. The fourth-order valence-electron chi connectivity index (χ4n) is 8.32. The smallest absolute Gasteiger partial charge is 0.237 e. The molecule has 7 unspecified atom stereocenters. The van der Waals surface area contributed by atoms with Crippen LogP contribution in [0.2, 0.25) is 0 Å². The lowest BCUT2D eigenvalue weighted by molar-refractivity contribution is -0.127. The van der Waals surface area contributed by atoms with E-state index in [-0.39, 0.29) is 53.7 Å². The van der Waals surface area contributed by atoms with Crippen LogP contribution in [0.5, 0.6) is 0 Å². The van der Waals surface area contributed by atoms with Gasteiger partial charge in [0.1, 0.15) is 6.17 Å². The number of alkyl halides is 1. The Balaban J connectivity index is 1.26. The number of nitrogens with one attached hydrogen (secondary N) is 2. The minimum absolute atomic E-state index is 0.0260. The number of hydrogen-bond donors (Lipinski definition) is 4. The van der Waals surface area contributed by atoms with Gasteiger partial charge in [-0.2, -0.15) is 0 Å². The van der Waals surface area contributed by atoms with Crippen LogP contribution in [-0.4, -0.2) is 77.4 Å². The normalized spacial score (nSPS) is 41.3. The van der Waals surface area contributed by atoms with Crippen molar-refractivity contribution in [2.45, 2.75) is 114 Å². The number of fused-ring (bicyclic) bond motifs is 1. The first kappa shape index (κ1) is 26.9. The third-order valence-corrected chi connectivity index (χ3v) is 10.4. The number of nitrogens with two attached hydrogens (primary N) is 2. The molecule has 2 amide bonds. The van der Waals surface area contributed by atoms with E-state index in [1.807, 2.05) is 0 Å². The summed E-state index contributed by atoms with van der Waals surface area (Å²) in [6.07, 6.45) is 10.5. The largest absolute Gasteiger partial charge is 0.387 e. The lowest BCUT2D eigenvalue weighted by Gasteiger charge is -2.40. The minimum atomic E-state index is -0.858. The maximum atomic E-state index is 14.7. The van der Waals surface area contributed by atoms with Crippen molar-refractivity contribution in [1.29, 1.82) is 5.41 Å². The Morgan fingerprint density at radius 3 is 2.27 bits per heavy atom. The summed E-state index contributed by atoms with van der Waals surface area (Å²) in [6.45, 7) is 2.93. The average molecular weight is 519 g/mol. The van der Waals surface area contributed by atoms with Crippen molar-refractivity contribution in [3.8, 4) is 0 Å². The van der Waals surface area contributed by atoms with Gasteiger partial charge in [-0.05, 0) is 108 Å². The number of carbonyl (C=O) groups excluding carboxylic acids is 2. The number of hydrogen-bond acceptors (Lipinski definition) is 5. The van der Waals surface area contributed by atoms with Gasteiger partial charge in [-0.25, -0.2) is 4.39 Å². The van der Waals surface area contributed by atoms with Gasteiger partial charge in [0.15, 0.2) is 0 Å². The van der Waals surface area contributed by atoms with Gasteiger partial charge in [0, 0.05) is 36.5 Å². The molecule has 6 N–H and O–H groups in total. The molecule has 2 aliphatic heterocycles. The van der Waals surface area contributed by atoms with Crippen LogP contribution in [0.3, 0.4) is 0 Å². The van der Waals surface area contributed by atoms with Gasteiger partial charge in [-0.15, -0.1) is 0 Å². The molecule has 0 aromatic rings. The number of likely N-dealkylation sites (tertiary alicyclic amines) is 2. The van der Waals surface area contributed by atoms with E-state index in [9.17, 15) is 14.0 Å². The summed E-state index contributed by atoms with van der Waals surface area (Å²) in [6, 6.07) is 0.169. The van der Waals surface area contributed by atoms with Gasteiger partial charge in [-0.1, -0.05) is 0 Å². The predicted molar refractivity (Wildman–Crippen MR) is 142 cm³/mol. The van der Waals surface area contributed by atoms with Crippen LogP contribution in [0.4, 0.5) is 4.39 Å². The second-order valence-corrected chi connectivity index (χ2v) is 12.8.